The second kappa shape index (κ2) is 6.96. The van der Waals surface area contributed by atoms with Gasteiger partial charge in [-0.3, -0.25) is 4.18 Å². The molecule has 0 aliphatic heterocycles. The Morgan fingerprint density at radius 1 is 1.05 bits per heavy atom. The van der Waals surface area contributed by atoms with Crippen LogP contribution in [-0.2, 0) is 19.0 Å². The lowest BCUT2D eigenvalue weighted by molar-refractivity contribution is 0.0378. The van der Waals surface area contributed by atoms with E-state index in [0.717, 1.165) is 6.07 Å². The standard InChI is InChI=1S/C13H16Cl2O5S/c1-7(2)19-13(16)9-5-12(11(15)6-10(9)14)21(17,18)20-8(3)4/h5-8H,1-4H3. The molecule has 0 aromatic heterocycles. The van der Waals surface area contributed by atoms with E-state index < -0.39 is 22.2 Å². The lowest BCUT2D eigenvalue weighted by Gasteiger charge is -2.13. The quantitative estimate of drug-likeness (QED) is 0.595. The number of hydrogen-bond donors (Lipinski definition) is 0. The Morgan fingerprint density at radius 3 is 2.10 bits per heavy atom. The highest BCUT2D eigenvalue weighted by Gasteiger charge is 2.25. The first-order chi connectivity index (χ1) is 9.54. The predicted octanol–water partition coefficient (Wildman–Crippen LogP) is 3.67. The minimum absolute atomic E-state index is 0.00847. The molecule has 118 valence electrons. The zero-order valence-electron chi connectivity index (χ0n) is 12.0. The van der Waals surface area contributed by atoms with Crippen molar-refractivity contribution in [2.75, 3.05) is 0 Å². The van der Waals surface area contributed by atoms with E-state index in [-0.39, 0.29) is 26.6 Å². The molecule has 0 amide bonds. The Balaban J connectivity index is 3.33. The first-order valence-corrected chi connectivity index (χ1v) is 8.34. The summed E-state index contributed by atoms with van der Waals surface area (Å²) in [5.41, 5.74) is -0.0827. The van der Waals surface area contributed by atoms with Crippen LogP contribution in [0, 0.1) is 0 Å². The highest BCUT2D eigenvalue weighted by molar-refractivity contribution is 7.87. The van der Waals surface area contributed by atoms with Gasteiger partial charge < -0.3 is 4.74 Å². The molecule has 8 heteroatoms. The van der Waals surface area contributed by atoms with E-state index in [1.807, 2.05) is 0 Å². The number of esters is 1. The Bertz CT molecular complexity index is 638. The number of carbonyl (C=O) groups excluding carboxylic acids is 1. The lowest BCUT2D eigenvalue weighted by Crippen LogP contribution is -2.16. The van der Waals surface area contributed by atoms with Gasteiger partial charge in [-0.15, -0.1) is 0 Å². The van der Waals surface area contributed by atoms with Gasteiger partial charge in [0.1, 0.15) is 4.90 Å². The van der Waals surface area contributed by atoms with Crippen LogP contribution in [0.2, 0.25) is 10.0 Å². The smallest absolute Gasteiger partial charge is 0.339 e. The van der Waals surface area contributed by atoms with Crippen LogP contribution in [0.25, 0.3) is 0 Å². The van der Waals surface area contributed by atoms with Gasteiger partial charge in [0.05, 0.1) is 27.8 Å². The summed E-state index contributed by atoms with van der Waals surface area (Å²) in [7, 11) is -4.09. The van der Waals surface area contributed by atoms with Crippen molar-refractivity contribution in [3.05, 3.63) is 27.7 Å². The maximum absolute atomic E-state index is 12.1. The summed E-state index contributed by atoms with van der Waals surface area (Å²) < 4.78 is 34.0. The number of ether oxygens (including phenoxy) is 1. The van der Waals surface area contributed by atoms with Crippen LogP contribution in [-0.4, -0.2) is 26.6 Å². The van der Waals surface area contributed by atoms with Crippen molar-refractivity contribution in [1.29, 1.82) is 0 Å². The third-order valence-corrected chi connectivity index (χ3v) is 4.42. The number of carbonyl (C=O) groups is 1. The van der Waals surface area contributed by atoms with Crippen LogP contribution < -0.4 is 0 Å². The molecule has 0 spiro atoms. The zero-order valence-corrected chi connectivity index (χ0v) is 14.3. The molecule has 0 fully saturated rings. The predicted molar refractivity (Wildman–Crippen MR) is 80.4 cm³/mol. The molecule has 1 aromatic rings. The fraction of sp³-hybridized carbons (Fsp3) is 0.462. The number of hydrogen-bond acceptors (Lipinski definition) is 5. The first kappa shape index (κ1) is 18.2. The van der Waals surface area contributed by atoms with E-state index in [2.05, 4.69) is 0 Å². The third kappa shape index (κ3) is 4.85. The SMILES string of the molecule is CC(C)OC(=O)c1cc(S(=O)(=O)OC(C)C)c(Cl)cc1Cl. The fourth-order valence-electron chi connectivity index (χ4n) is 1.46. The molecule has 1 aromatic carbocycles. The van der Waals surface area contributed by atoms with E-state index in [0.29, 0.717) is 0 Å². The topological polar surface area (TPSA) is 69.7 Å². The van der Waals surface area contributed by atoms with Crippen molar-refractivity contribution in [3.8, 4) is 0 Å². The van der Waals surface area contributed by atoms with Crippen LogP contribution in [0.5, 0.6) is 0 Å². The molecule has 0 aliphatic rings. The van der Waals surface area contributed by atoms with Gasteiger partial charge in [0.15, 0.2) is 0 Å². The van der Waals surface area contributed by atoms with Crippen LogP contribution >= 0.6 is 23.2 Å². The average Bonchev–Trinajstić information content (AvgIpc) is 2.24. The molecule has 0 N–H and O–H groups in total. The van der Waals surface area contributed by atoms with Crippen molar-refractivity contribution in [2.45, 2.75) is 44.8 Å². The maximum atomic E-state index is 12.1. The Hall–Kier alpha value is -0.820. The second-order valence-corrected chi connectivity index (χ2v) is 7.17. The molecule has 0 atom stereocenters. The lowest BCUT2D eigenvalue weighted by atomic mass is 10.2. The van der Waals surface area contributed by atoms with Crippen molar-refractivity contribution >= 4 is 39.3 Å². The molecular formula is C13H16Cl2O5S. The van der Waals surface area contributed by atoms with Gasteiger partial charge >= 0.3 is 5.97 Å². The summed E-state index contributed by atoms with van der Waals surface area (Å²) in [5.74, 6) is -0.729. The summed E-state index contributed by atoms with van der Waals surface area (Å²) >= 11 is 11.8. The summed E-state index contributed by atoms with van der Waals surface area (Å²) in [6.07, 6.45) is -0.927. The number of halogens is 2. The molecule has 0 bridgehead atoms. The first-order valence-electron chi connectivity index (χ1n) is 6.18. The van der Waals surface area contributed by atoms with Gasteiger partial charge in [-0.25, -0.2) is 4.79 Å². The molecule has 1 rings (SSSR count). The summed E-state index contributed by atoms with van der Waals surface area (Å²) in [5, 5.41) is -0.115. The Morgan fingerprint density at radius 2 is 1.62 bits per heavy atom. The van der Waals surface area contributed by atoms with Crippen LogP contribution in [0.15, 0.2) is 17.0 Å². The van der Waals surface area contributed by atoms with E-state index in [4.69, 9.17) is 32.1 Å². The van der Waals surface area contributed by atoms with Crippen molar-refractivity contribution in [1.82, 2.24) is 0 Å². The Labute approximate surface area is 134 Å². The van der Waals surface area contributed by atoms with E-state index in [9.17, 15) is 13.2 Å². The highest BCUT2D eigenvalue weighted by Crippen LogP contribution is 2.30. The summed E-state index contributed by atoms with van der Waals surface area (Å²) in [4.78, 5) is 11.6. The van der Waals surface area contributed by atoms with Gasteiger partial charge in [0.25, 0.3) is 10.1 Å². The van der Waals surface area contributed by atoms with Crippen LogP contribution in [0.1, 0.15) is 38.1 Å². The van der Waals surface area contributed by atoms with Gasteiger partial charge in [0, 0.05) is 0 Å². The van der Waals surface area contributed by atoms with Crippen molar-refractivity contribution in [2.24, 2.45) is 0 Å². The Kier molecular flexibility index (Phi) is 6.04. The molecule has 0 saturated heterocycles. The normalized spacial score (nSPS) is 12.0. The van der Waals surface area contributed by atoms with Crippen molar-refractivity contribution in [3.63, 3.8) is 0 Å². The van der Waals surface area contributed by atoms with Gasteiger partial charge in [-0.1, -0.05) is 23.2 Å². The molecule has 5 nitrogen and oxygen atoms in total. The molecule has 0 unspecified atom stereocenters. The summed E-state index contributed by atoms with van der Waals surface area (Å²) in [6, 6.07) is 2.24. The number of benzene rings is 1. The molecule has 0 aliphatic carbocycles. The van der Waals surface area contributed by atoms with Gasteiger partial charge in [0.2, 0.25) is 0 Å². The minimum Gasteiger partial charge on any atom is -0.459 e. The molecular weight excluding hydrogens is 339 g/mol. The van der Waals surface area contributed by atoms with Crippen LogP contribution in [0.4, 0.5) is 0 Å². The third-order valence-electron chi connectivity index (χ3n) is 2.17. The van der Waals surface area contributed by atoms with Crippen molar-refractivity contribution < 1.29 is 22.1 Å². The fourth-order valence-corrected chi connectivity index (χ4v) is 3.37. The van der Waals surface area contributed by atoms with Gasteiger partial charge in [-0.05, 0) is 39.8 Å². The van der Waals surface area contributed by atoms with Crippen LogP contribution in [0.3, 0.4) is 0 Å². The summed E-state index contributed by atoms with van der Waals surface area (Å²) in [6.45, 7) is 6.47. The monoisotopic (exact) mass is 354 g/mol. The average molecular weight is 355 g/mol. The van der Waals surface area contributed by atoms with E-state index >= 15 is 0 Å². The highest BCUT2D eigenvalue weighted by atomic mass is 35.5. The molecule has 0 radical (unpaired) electrons. The zero-order chi connectivity index (χ0) is 16.4. The number of rotatable bonds is 5. The largest absolute Gasteiger partial charge is 0.459 e. The van der Waals surface area contributed by atoms with Gasteiger partial charge in [-0.2, -0.15) is 8.42 Å². The molecule has 0 heterocycles. The maximum Gasteiger partial charge on any atom is 0.339 e. The minimum atomic E-state index is -4.09. The second-order valence-electron chi connectivity index (χ2n) is 4.82. The van der Waals surface area contributed by atoms with E-state index in [1.54, 1.807) is 27.7 Å². The molecule has 0 saturated carbocycles. The van der Waals surface area contributed by atoms with E-state index in [1.165, 1.54) is 6.07 Å². The molecule has 21 heavy (non-hydrogen) atoms.